The summed E-state index contributed by atoms with van der Waals surface area (Å²) < 4.78 is 7.68. The molecule has 8 heteroatoms. The average Bonchev–Trinajstić information content (AvgIpc) is 3.30. The van der Waals surface area contributed by atoms with Crippen molar-refractivity contribution in [2.75, 3.05) is 0 Å². The van der Waals surface area contributed by atoms with Crippen molar-refractivity contribution in [3.8, 4) is 22.9 Å². The highest BCUT2D eigenvalue weighted by Gasteiger charge is 2.17. The third-order valence-electron chi connectivity index (χ3n) is 4.88. The first-order chi connectivity index (χ1) is 14.5. The fraction of sp³-hybridized carbons (Fsp3) is 0.0455. The number of hydrogen-bond acceptors (Lipinski definition) is 4. The standard InChI is InChI=1S/C22H15ClN4O3/c1-27-19-10-14(30-13-4-2-12(23)3-5-13)6-7-15(19)21(26-27)18-11-17-20(25-18)16(22(28)29)8-9-24-17/h2-11,25H,1H3,(H,28,29). The Morgan fingerprint density at radius 1 is 1.10 bits per heavy atom. The summed E-state index contributed by atoms with van der Waals surface area (Å²) in [5, 5.41) is 15.6. The number of fused-ring (bicyclic) bond motifs is 2. The molecule has 0 unspecified atom stereocenters. The molecule has 2 N–H and O–H groups in total. The van der Waals surface area contributed by atoms with Crippen LogP contribution in [0.2, 0.25) is 5.02 Å². The number of hydrogen-bond donors (Lipinski definition) is 2. The Kier molecular flexibility index (Phi) is 4.18. The number of carboxylic acid groups (broad SMARTS) is 1. The lowest BCUT2D eigenvalue weighted by Crippen LogP contribution is -1.97. The Labute approximate surface area is 175 Å². The van der Waals surface area contributed by atoms with Crippen molar-refractivity contribution in [2.45, 2.75) is 0 Å². The van der Waals surface area contributed by atoms with E-state index < -0.39 is 5.97 Å². The van der Waals surface area contributed by atoms with Gasteiger partial charge in [-0.1, -0.05) is 11.6 Å². The third-order valence-corrected chi connectivity index (χ3v) is 5.13. The van der Waals surface area contributed by atoms with Gasteiger partial charge < -0.3 is 14.8 Å². The number of aromatic carboxylic acids is 1. The van der Waals surface area contributed by atoms with Crippen molar-refractivity contribution < 1.29 is 14.6 Å². The first-order valence-electron chi connectivity index (χ1n) is 9.11. The van der Waals surface area contributed by atoms with Crippen molar-refractivity contribution in [1.29, 1.82) is 0 Å². The molecule has 5 aromatic rings. The summed E-state index contributed by atoms with van der Waals surface area (Å²) in [4.78, 5) is 18.9. The minimum Gasteiger partial charge on any atom is -0.478 e. The first-order valence-corrected chi connectivity index (χ1v) is 9.49. The Morgan fingerprint density at radius 2 is 1.87 bits per heavy atom. The highest BCUT2D eigenvalue weighted by atomic mass is 35.5. The third kappa shape index (κ3) is 3.05. The molecule has 0 saturated carbocycles. The Morgan fingerprint density at radius 3 is 2.63 bits per heavy atom. The number of ether oxygens (including phenoxy) is 1. The van der Waals surface area contributed by atoms with E-state index in [1.807, 2.05) is 31.3 Å². The van der Waals surface area contributed by atoms with Gasteiger partial charge in [-0.2, -0.15) is 5.10 Å². The number of pyridine rings is 1. The van der Waals surface area contributed by atoms with E-state index in [2.05, 4.69) is 15.1 Å². The molecule has 0 radical (unpaired) electrons. The molecule has 0 fully saturated rings. The Bertz CT molecular complexity index is 1420. The maximum absolute atomic E-state index is 11.5. The quantitative estimate of drug-likeness (QED) is 0.415. The number of aryl methyl sites for hydroxylation is 1. The SMILES string of the molecule is Cn1nc(-c2cc3nccc(C(=O)O)c3[nH]2)c2ccc(Oc3ccc(Cl)cc3)cc21. The second kappa shape index (κ2) is 6.89. The maximum Gasteiger partial charge on any atom is 0.337 e. The Balaban J connectivity index is 1.58. The molecule has 3 aromatic heterocycles. The van der Waals surface area contributed by atoms with Gasteiger partial charge in [-0.3, -0.25) is 9.67 Å². The van der Waals surface area contributed by atoms with E-state index in [1.54, 1.807) is 28.9 Å². The van der Waals surface area contributed by atoms with Crippen molar-refractivity contribution in [3.05, 3.63) is 71.4 Å². The predicted octanol–water partition coefficient (Wildman–Crippen LogP) is 5.26. The molecule has 0 atom stereocenters. The zero-order valence-electron chi connectivity index (χ0n) is 15.8. The van der Waals surface area contributed by atoms with Gasteiger partial charge in [-0.25, -0.2) is 4.79 Å². The van der Waals surface area contributed by atoms with Crippen molar-refractivity contribution >= 4 is 39.5 Å². The van der Waals surface area contributed by atoms with Crippen LogP contribution < -0.4 is 4.74 Å². The number of nitrogens with zero attached hydrogens (tertiary/aromatic N) is 3. The summed E-state index contributed by atoms with van der Waals surface area (Å²) in [7, 11) is 1.85. The fourth-order valence-corrected chi connectivity index (χ4v) is 3.60. The monoisotopic (exact) mass is 418 g/mol. The lowest BCUT2D eigenvalue weighted by molar-refractivity contribution is 0.0698. The lowest BCUT2D eigenvalue weighted by atomic mass is 10.1. The predicted molar refractivity (Wildman–Crippen MR) is 114 cm³/mol. The van der Waals surface area contributed by atoms with Gasteiger partial charge in [0.05, 0.1) is 27.8 Å². The van der Waals surface area contributed by atoms with E-state index in [9.17, 15) is 9.90 Å². The van der Waals surface area contributed by atoms with Crippen LogP contribution >= 0.6 is 11.6 Å². The molecule has 2 aromatic carbocycles. The number of aromatic amines is 1. The van der Waals surface area contributed by atoms with E-state index in [0.717, 1.165) is 10.9 Å². The van der Waals surface area contributed by atoms with E-state index >= 15 is 0 Å². The molecule has 0 aliphatic heterocycles. The highest BCUT2D eigenvalue weighted by Crippen LogP contribution is 2.33. The number of H-pyrrole nitrogens is 1. The smallest absolute Gasteiger partial charge is 0.337 e. The van der Waals surface area contributed by atoms with Crippen LogP contribution in [0.3, 0.4) is 0 Å². The number of carboxylic acids is 1. The van der Waals surface area contributed by atoms with Crippen LogP contribution in [0.25, 0.3) is 33.3 Å². The van der Waals surface area contributed by atoms with Crippen molar-refractivity contribution in [3.63, 3.8) is 0 Å². The van der Waals surface area contributed by atoms with Crippen molar-refractivity contribution in [1.82, 2.24) is 19.7 Å². The topological polar surface area (TPSA) is 93.0 Å². The zero-order chi connectivity index (χ0) is 20.8. The largest absolute Gasteiger partial charge is 0.478 e. The van der Waals surface area contributed by atoms with Crippen LogP contribution in [-0.4, -0.2) is 30.8 Å². The van der Waals surface area contributed by atoms with E-state index in [1.165, 1.54) is 12.3 Å². The molecule has 30 heavy (non-hydrogen) atoms. The number of carbonyl (C=O) groups is 1. The summed E-state index contributed by atoms with van der Waals surface area (Å²) in [6.07, 6.45) is 1.49. The molecule has 148 valence electrons. The molecule has 3 heterocycles. The van der Waals surface area contributed by atoms with Crippen LogP contribution in [0.4, 0.5) is 0 Å². The number of rotatable bonds is 4. The van der Waals surface area contributed by atoms with Gasteiger partial charge in [0.1, 0.15) is 17.2 Å². The molecule has 0 aliphatic carbocycles. The number of halogens is 1. The van der Waals surface area contributed by atoms with Gasteiger partial charge in [0.2, 0.25) is 0 Å². The summed E-state index contributed by atoms with van der Waals surface area (Å²) in [6, 6.07) is 16.1. The maximum atomic E-state index is 11.5. The molecule has 0 amide bonds. The van der Waals surface area contributed by atoms with Gasteiger partial charge >= 0.3 is 5.97 Å². The minimum absolute atomic E-state index is 0.171. The lowest BCUT2D eigenvalue weighted by Gasteiger charge is -2.06. The summed E-state index contributed by atoms with van der Waals surface area (Å²) in [6.45, 7) is 0. The average molecular weight is 419 g/mol. The van der Waals surface area contributed by atoms with Gasteiger partial charge in [-0.15, -0.1) is 0 Å². The summed E-state index contributed by atoms with van der Waals surface area (Å²) in [5.74, 6) is 0.348. The van der Waals surface area contributed by atoms with E-state index in [4.69, 9.17) is 16.3 Å². The van der Waals surface area contributed by atoms with Gasteiger partial charge in [-0.05, 0) is 48.5 Å². The fourth-order valence-electron chi connectivity index (χ4n) is 3.47. The number of nitrogens with one attached hydrogen (secondary N) is 1. The molecule has 0 bridgehead atoms. The normalized spacial score (nSPS) is 11.3. The second-order valence-electron chi connectivity index (χ2n) is 6.81. The van der Waals surface area contributed by atoms with E-state index in [-0.39, 0.29) is 5.56 Å². The zero-order valence-corrected chi connectivity index (χ0v) is 16.5. The first kappa shape index (κ1) is 18.2. The van der Waals surface area contributed by atoms with Crippen LogP contribution in [0.15, 0.2) is 60.8 Å². The number of aromatic nitrogens is 4. The second-order valence-corrected chi connectivity index (χ2v) is 7.25. The van der Waals surface area contributed by atoms with Crippen LogP contribution in [0.5, 0.6) is 11.5 Å². The van der Waals surface area contributed by atoms with Gasteiger partial charge in [0.25, 0.3) is 0 Å². The summed E-state index contributed by atoms with van der Waals surface area (Å²) in [5.41, 5.74) is 3.50. The summed E-state index contributed by atoms with van der Waals surface area (Å²) >= 11 is 5.92. The molecule has 0 spiro atoms. The molecular formula is C22H15ClN4O3. The van der Waals surface area contributed by atoms with Gasteiger partial charge in [0.15, 0.2) is 0 Å². The molecule has 7 nitrogen and oxygen atoms in total. The molecular weight excluding hydrogens is 404 g/mol. The Hall–Kier alpha value is -3.84. The van der Waals surface area contributed by atoms with Crippen LogP contribution in [-0.2, 0) is 7.05 Å². The van der Waals surface area contributed by atoms with E-state index in [0.29, 0.717) is 38.9 Å². The molecule has 5 rings (SSSR count). The van der Waals surface area contributed by atoms with Crippen molar-refractivity contribution in [2.24, 2.45) is 7.05 Å². The van der Waals surface area contributed by atoms with Crippen LogP contribution in [0, 0.1) is 0 Å². The number of benzene rings is 2. The van der Waals surface area contributed by atoms with Crippen LogP contribution in [0.1, 0.15) is 10.4 Å². The minimum atomic E-state index is -1.01. The highest BCUT2D eigenvalue weighted by molar-refractivity contribution is 6.30. The van der Waals surface area contributed by atoms with Gasteiger partial charge in [0, 0.05) is 29.7 Å². The molecule has 0 aliphatic rings. The molecule has 0 saturated heterocycles.